The Morgan fingerprint density at radius 3 is 2.75 bits per heavy atom. The number of benzene rings is 1. The van der Waals surface area contributed by atoms with Gasteiger partial charge in [0.2, 0.25) is 11.8 Å². The van der Waals surface area contributed by atoms with Gasteiger partial charge in [0.1, 0.15) is 6.20 Å². The van der Waals surface area contributed by atoms with E-state index in [4.69, 9.17) is 4.74 Å². The van der Waals surface area contributed by atoms with Gasteiger partial charge in [-0.05, 0) is 24.0 Å². The summed E-state index contributed by atoms with van der Waals surface area (Å²) in [5, 5.41) is 17.3. The summed E-state index contributed by atoms with van der Waals surface area (Å²) < 4.78 is 5.19. The van der Waals surface area contributed by atoms with Crippen molar-refractivity contribution < 1.29 is 9.66 Å². The molecule has 24 heavy (non-hydrogen) atoms. The molecular weight excluding hydrogens is 310 g/mol. The molecule has 1 aliphatic carbocycles. The van der Waals surface area contributed by atoms with Crippen LogP contribution in [0.3, 0.4) is 0 Å². The number of hydrogen-bond donors (Lipinski definition) is 2. The zero-order chi connectivity index (χ0) is 16.9. The number of nitro groups is 1. The van der Waals surface area contributed by atoms with Crippen LogP contribution in [0.1, 0.15) is 24.0 Å². The lowest BCUT2D eigenvalue weighted by Gasteiger charge is -2.11. The Kier molecular flexibility index (Phi) is 4.85. The van der Waals surface area contributed by atoms with Crippen molar-refractivity contribution in [3.63, 3.8) is 0 Å². The summed E-state index contributed by atoms with van der Waals surface area (Å²) in [7, 11) is 1.65. The van der Waals surface area contributed by atoms with Crippen molar-refractivity contribution in [3.8, 4) is 0 Å². The molecular formula is C16H19N5O3. The quantitative estimate of drug-likeness (QED) is 0.567. The molecule has 0 atom stereocenters. The highest BCUT2D eigenvalue weighted by atomic mass is 16.6. The van der Waals surface area contributed by atoms with Gasteiger partial charge in [-0.3, -0.25) is 10.1 Å². The first-order chi connectivity index (χ1) is 11.7. The summed E-state index contributed by atoms with van der Waals surface area (Å²) in [5.74, 6) is 0.626. The zero-order valence-electron chi connectivity index (χ0n) is 13.4. The van der Waals surface area contributed by atoms with Crippen molar-refractivity contribution in [2.24, 2.45) is 0 Å². The molecule has 1 fully saturated rings. The molecule has 0 radical (unpaired) electrons. The standard InChI is InChI=1S/C16H19N5O3/c1-24-10-12-5-3-2-4-11(12)8-17-16-18-9-14(21(22)23)15(20-16)19-13-6-7-13/h2-5,9,13H,6-8,10H2,1H3,(H2,17,18,19,20). The number of rotatable bonds is 8. The molecule has 126 valence electrons. The molecule has 0 saturated heterocycles. The third kappa shape index (κ3) is 3.96. The van der Waals surface area contributed by atoms with Crippen LogP contribution in [-0.2, 0) is 17.9 Å². The van der Waals surface area contributed by atoms with Crippen molar-refractivity contribution >= 4 is 17.5 Å². The third-order valence-electron chi connectivity index (χ3n) is 3.74. The van der Waals surface area contributed by atoms with E-state index >= 15 is 0 Å². The van der Waals surface area contributed by atoms with Gasteiger partial charge in [-0.15, -0.1) is 0 Å². The lowest BCUT2D eigenvalue weighted by Crippen LogP contribution is -2.11. The maximum atomic E-state index is 11.1. The molecule has 0 bridgehead atoms. The number of anilines is 2. The largest absolute Gasteiger partial charge is 0.380 e. The number of nitrogens with zero attached hydrogens (tertiary/aromatic N) is 3. The number of aromatic nitrogens is 2. The van der Waals surface area contributed by atoms with E-state index in [1.807, 2.05) is 24.3 Å². The normalized spacial score (nSPS) is 13.5. The first-order valence-electron chi connectivity index (χ1n) is 7.75. The Balaban J connectivity index is 1.74. The molecule has 1 aliphatic rings. The first kappa shape index (κ1) is 16.1. The molecule has 8 nitrogen and oxygen atoms in total. The first-order valence-corrected chi connectivity index (χ1v) is 7.75. The average molecular weight is 329 g/mol. The summed E-state index contributed by atoms with van der Waals surface area (Å²) in [6.07, 6.45) is 3.25. The lowest BCUT2D eigenvalue weighted by molar-refractivity contribution is -0.384. The minimum atomic E-state index is -0.470. The van der Waals surface area contributed by atoms with Gasteiger partial charge >= 0.3 is 5.69 Å². The summed E-state index contributed by atoms with van der Waals surface area (Å²) in [5.41, 5.74) is 2.04. The molecule has 2 aromatic rings. The van der Waals surface area contributed by atoms with E-state index in [1.165, 1.54) is 6.20 Å². The fourth-order valence-electron chi connectivity index (χ4n) is 2.32. The maximum absolute atomic E-state index is 11.1. The number of ether oxygens (including phenoxy) is 1. The molecule has 2 N–H and O–H groups in total. The van der Waals surface area contributed by atoms with E-state index in [0.717, 1.165) is 24.0 Å². The molecule has 0 spiro atoms. The Morgan fingerprint density at radius 1 is 1.33 bits per heavy atom. The van der Waals surface area contributed by atoms with Crippen LogP contribution < -0.4 is 10.6 Å². The molecule has 1 aromatic carbocycles. The predicted octanol–water partition coefficient (Wildman–Crippen LogP) is 2.72. The molecule has 0 aliphatic heterocycles. The second-order valence-corrected chi connectivity index (χ2v) is 5.66. The summed E-state index contributed by atoms with van der Waals surface area (Å²) in [6.45, 7) is 1.04. The zero-order valence-corrected chi connectivity index (χ0v) is 13.4. The van der Waals surface area contributed by atoms with Gasteiger partial charge in [-0.25, -0.2) is 4.98 Å². The Hall–Kier alpha value is -2.74. The monoisotopic (exact) mass is 329 g/mol. The van der Waals surface area contributed by atoms with Crippen molar-refractivity contribution in [2.45, 2.75) is 32.0 Å². The van der Waals surface area contributed by atoms with E-state index in [9.17, 15) is 10.1 Å². The maximum Gasteiger partial charge on any atom is 0.329 e. The number of hydrogen-bond acceptors (Lipinski definition) is 7. The van der Waals surface area contributed by atoms with Gasteiger partial charge in [0.15, 0.2) is 0 Å². The second kappa shape index (κ2) is 7.22. The van der Waals surface area contributed by atoms with Gasteiger partial charge in [-0.1, -0.05) is 24.3 Å². The van der Waals surface area contributed by atoms with Crippen LogP contribution in [0.4, 0.5) is 17.5 Å². The minimum Gasteiger partial charge on any atom is -0.380 e. The van der Waals surface area contributed by atoms with Gasteiger partial charge < -0.3 is 15.4 Å². The fraction of sp³-hybridized carbons (Fsp3) is 0.375. The van der Waals surface area contributed by atoms with Gasteiger partial charge in [0.05, 0.1) is 11.5 Å². The van der Waals surface area contributed by atoms with Crippen molar-refractivity contribution in [1.29, 1.82) is 0 Å². The van der Waals surface area contributed by atoms with Crippen LogP contribution in [0.2, 0.25) is 0 Å². The van der Waals surface area contributed by atoms with Crippen LogP contribution in [0.25, 0.3) is 0 Å². The highest BCUT2D eigenvalue weighted by Crippen LogP contribution is 2.29. The van der Waals surface area contributed by atoms with Crippen molar-refractivity contribution in [3.05, 3.63) is 51.7 Å². The number of methoxy groups -OCH3 is 1. The SMILES string of the molecule is COCc1ccccc1CNc1ncc([N+](=O)[O-])c(NC2CC2)n1. The van der Waals surface area contributed by atoms with Gasteiger partial charge in [-0.2, -0.15) is 4.98 Å². The third-order valence-corrected chi connectivity index (χ3v) is 3.74. The van der Waals surface area contributed by atoms with E-state index in [0.29, 0.717) is 19.1 Å². The highest BCUT2D eigenvalue weighted by molar-refractivity contribution is 5.58. The van der Waals surface area contributed by atoms with Crippen LogP contribution in [0.15, 0.2) is 30.5 Å². The predicted molar refractivity (Wildman–Crippen MR) is 89.8 cm³/mol. The Morgan fingerprint density at radius 2 is 2.08 bits per heavy atom. The average Bonchev–Trinajstić information content (AvgIpc) is 3.38. The van der Waals surface area contributed by atoms with E-state index in [-0.39, 0.29) is 17.5 Å². The van der Waals surface area contributed by atoms with Crippen LogP contribution in [0.5, 0.6) is 0 Å². The smallest absolute Gasteiger partial charge is 0.329 e. The number of nitrogens with one attached hydrogen (secondary N) is 2. The topological polar surface area (TPSA) is 102 Å². The van der Waals surface area contributed by atoms with Gasteiger partial charge in [0, 0.05) is 19.7 Å². The Labute approximate surface area is 139 Å². The molecule has 8 heteroatoms. The molecule has 1 aromatic heterocycles. The van der Waals surface area contributed by atoms with Crippen LogP contribution in [-0.4, -0.2) is 28.0 Å². The van der Waals surface area contributed by atoms with E-state index < -0.39 is 4.92 Å². The summed E-state index contributed by atoms with van der Waals surface area (Å²) in [4.78, 5) is 18.9. The van der Waals surface area contributed by atoms with E-state index in [2.05, 4.69) is 20.6 Å². The van der Waals surface area contributed by atoms with Crippen LogP contribution in [0, 0.1) is 10.1 Å². The molecule has 0 unspecified atom stereocenters. The lowest BCUT2D eigenvalue weighted by atomic mass is 10.1. The molecule has 1 heterocycles. The summed E-state index contributed by atoms with van der Waals surface area (Å²) >= 11 is 0. The van der Waals surface area contributed by atoms with Crippen molar-refractivity contribution in [1.82, 2.24) is 9.97 Å². The van der Waals surface area contributed by atoms with Crippen LogP contribution >= 0.6 is 0 Å². The second-order valence-electron chi connectivity index (χ2n) is 5.66. The molecule has 1 saturated carbocycles. The minimum absolute atomic E-state index is 0.104. The molecule has 0 amide bonds. The van der Waals surface area contributed by atoms with Crippen molar-refractivity contribution in [2.75, 3.05) is 17.7 Å². The fourth-order valence-corrected chi connectivity index (χ4v) is 2.32. The van der Waals surface area contributed by atoms with Gasteiger partial charge in [0.25, 0.3) is 0 Å². The Bertz CT molecular complexity index is 733. The summed E-state index contributed by atoms with van der Waals surface area (Å²) in [6, 6.07) is 8.17. The van der Waals surface area contributed by atoms with E-state index in [1.54, 1.807) is 7.11 Å². The molecule has 3 rings (SSSR count). The highest BCUT2D eigenvalue weighted by Gasteiger charge is 2.26.